The van der Waals surface area contributed by atoms with Gasteiger partial charge in [0.1, 0.15) is 5.82 Å². The van der Waals surface area contributed by atoms with E-state index in [2.05, 4.69) is 9.97 Å². The number of aromatic amines is 1. The Morgan fingerprint density at radius 2 is 2.12 bits per heavy atom. The fraction of sp³-hybridized carbons (Fsp3) is 0.421. The highest BCUT2D eigenvalue weighted by Gasteiger charge is 2.59. The lowest BCUT2D eigenvalue weighted by molar-refractivity contribution is -0.129. The maximum absolute atomic E-state index is 13.3. The molecule has 128 valence electrons. The van der Waals surface area contributed by atoms with Crippen LogP contribution in [-0.2, 0) is 29.5 Å². The number of carbonyl (C=O) groups excluding carboxylic acids is 1. The number of H-pyrrole nitrogens is 1. The first kappa shape index (κ1) is 14.7. The molecule has 1 aromatic carbocycles. The normalized spacial score (nSPS) is 22.8. The van der Waals surface area contributed by atoms with Crippen molar-refractivity contribution in [2.45, 2.75) is 37.0 Å². The predicted octanol–water partition coefficient (Wildman–Crippen LogP) is 2.04. The van der Waals surface area contributed by atoms with Crippen LogP contribution in [0.2, 0.25) is 0 Å². The van der Waals surface area contributed by atoms with Crippen LogP contribution in [0.25, 0.3) is 0 Å². The first-order chi connectivity index (χ1) is 12.1. The van der Waals surface area contributed by atoms with E-state index < -0.39 is 11.5 Å². The van der Waals surface area contributed by atoms with Crippen molar-refractivity contribution in [3.8, 4) is 0 Å². The van der Waals surface area contributed by atoms with Gasteiger partial charge in [0.2, 0.25) is 0 Å². The van der Waals surface area contributed by atoms with Gasteiger partial charge < -0.3 is 15.0 Å². The largest absolute Gasteiger partial charge is 0.465 e. The number of nitrogens with one attached hydrogen (secondary N) is 1. The van der Waals surface area contributed by atoms with Crippen molar-refractivity contribution in [3.05, 3.63) is 52.6 Å². The molecule has 1 amide bonds. The molecule has 2 N–H and O–H groups in total. The molecule has 1 fully saturated rings. The summed E-state index contributed by atoms with van der Waals surface area (Å²) < 4.78 is 0. The molecule has 2 aliphatic carbocycles. The smallest absolute Gasteiger partial charge is 0.407 e. The Morgan fingerprint density at radius 3 is 2.88 bits per heavy atom. The van der Waals surface area contributed by atoms with Crippen LogP contribution in [0, 0.1) is 0 Å². The molecule has 1 unspecified atom stereocenters. The predicted molar refractivity (Wildman–Crippen MR) is 89.8 cm³/mol. The van der Waals surface area contributed by atoms with Crippen molar-refractivity contribution >= 4 is 11.9 Å². The second-order valence-corrected chi connectivity index (χ2v) is 7.39. The van der Waals surface area contributed by atoms with Crippen LogP contribution in [0.3, 0.4) is 0 Å². The Labute approximate surface area is 144 Å². The SMILES string of the molecule is O=C(O)N1CC2(C1)C(=O)C(Cc1nc3c([nH]1)CCC3)c1ccccc12. The van der Waals surface area contributed by atoms with E-state index >= 15 is 0 Å². The zero-order valence-corrected chi connectivity index (χ0v) is 13.8. The van der Waals surface area contributed by atoms with Crippen LogP contribution in [0.4, 0.5) is 4.79 Å². The van der Waals surface area contributed by atoms with Crippen LogP contribution in [0.15, 0.2) is 24.3 Å². The summed E-state index contributed by atoms with van der Waals surface area (Å²) in [6.45, 7) is 0.534. The minimum absolute atomic E-state index is 0.141. The molecule has 0 saturated carbocycles. The lowest BCUT2D eigenvalue weighted by Gasteiger charge is -2.46. The molecule has 1 aromatic heterocycles. The number of likely N-dealkylation sites (tertiary alicyclic amines) is 1. The maximum Gasteiger partial charge on any atom is 0.407 e. The lowest BCUT2D eigenvalue weighted by atomic mass is 9.73. The number of aromatic nitrogens is 2. The third kappa shape index (κ3) is 1.94. The number of nitrogens with zero attached hydrogens (tertiary/aromatic N) is 2. The van der Waals surface area contributed by atoms with Crippen LogP contribution in [0.5, 0.6) is 0 Å². The summed E-state index contributed by atoms with van der Waals surface area (Å²) in [6.07, 6.45) is 2.81. The highest BCUT2D eigenvalue weighted by Crippen LogP contribution is 2.49. The summed E-state index contributed by atoms with van der Waals surface area (Å²) in [7, 11) is 0. The number of fused-ring (bicyclic) bond motifs is 3. The monoisotopic (exact) mass is 337 g/mol. The molecule has 1 aliphatic heterocycles. The number of rotatable bonds is 2. The van der Waals surface area contributed by atoms with Gasteiger partial charge in [0.25, 0.3) is 0 Å². The Hall–Kier alpha value is -2.63. The van der Waals surface area contributed by atoms with Gasteiger partial charge in [0, 0.05) is 25.2 Å². The minimum Gasteiger partial charge on any atom is -0.465 e. The van der Waals surface area contributed by atoms with Gasteiger partial charge in [-0.2, -0.15) is 0 Å². The van der Waals surface area contributed by atoms with Gasteiger partial charge in [0.05, 0.1) is 17.0 Å². The molecule has 0 bridgehead atoms. The number of hydrogen-bond acceptors (Lipinski definition) is 3. The average molecular weight is 337 g/mol. The first-order valence-corrected chi connectivity index (χ1v) is 8.77. The molecule has 25 heavy (non-hydrogen) atoms. The van der Waals surface area contributed by atoms with Crippen LogP contribution in [0.1, 0.15) is 40.7 Å². The lowest BCUT2D eigenvalue weighted by Crippen LogP contribution is -2.63. The Balaban J connectivity index is 1.48. The van der Waals surface area contributed by atoms with Crippen molar-refractivity contribution in [2.75, 3.05) is 13.1 Å². The summed E-state index contributed by atoms with van der Waals surface area (Å²) in [5.74, 6) is 0.783. The quantitative estimate of drug-likeness (QED) is 0.878. The molecular formula is C19H19N3O3. The van der Waals surface area contributed by atoms with Crippen LogP contribution < -0.4 is 0 Å². The molecule has 2 aromatic rings. The number of hydrogen-bond donors (Lipinski definition) is 2. The average Bonchev–Trinajstić information content (AvgIpc) is 3.18. The van der Waals surface area contributed by atoms with Crippen LogP contribution in [-0.4, -0.2) is 44.9 Å². The molecule has 1 spiro atoms. The summed E-state index contributed by atoms with van der Waals surface area (Å²) >= 11 is 0. The summed E-state index contributed by atoms with van der Waals surface area (Å²) in [6, 6.07) is 7.87. The molecule has 1 saturated heterocycles. The molecule has 1 atom stereocenters. The van der Waals surface area contributed by atoms with E-state index in [9.17, 15) is 14.7 Å². The number of carbonyl (C=O) groups is 2. The topological polar surface area (TPSA) is 86.3 Å². The van der Waals surface area contributed by atoms with E-state index in [1.165, 1.54) is 10.6 Å². The van der Waals surface area contributed by atoms with Crippen molar-refractivity contribution < 1.29 is 14.7 Å². The van der Waals surface area contributed by atoms with E-state index in [0.717, 1.165) is 41.9 Å². The van der Waals surface area contributed by atoms with Gasteiger partial charge in [-0.1, -0.05) is 24.3 Å². The molecule has 0 radical (unpaired) electrons. The zero-order valence-electron chi connectivity index (χ0n) is 13.8. The van der Waals surface area contributed by atoms with Crippen molar-refractivity contribution in [3.63, 3.8) is 0 Å². The van der Waals surface area contributed by atoms with Crippen LogP contribution >= 0.6 is 0 Å². The number of imidazole rings is 1. The molecule has 3 aliphatic rings. The standard InChI is InChI=1S/C19H19N3O3/c23-17-12(8-16-20-14-6-3-7-15(14)21-16)11-4-1-2-5-13(11)19(17)9-22(10-19)18(24)25/h1-2,4-5,12H,3,6-10H2,(H,20,21)(H,24,25). The van der Waals surface area contributed by atoms with E-state index in [0.29, 0.717) is 6.42 Å². The Bertz CT molecular complexity index is 874. The van der Waals surface area contributed by atoms with E-state index in [1.54, 1.807) is 0 Å². The van der Waals surface area contributed by atoms with Crippen molar-refractivity contribution in [2.24, 2.45) is 0 Å². The van der Waals surface area contributed by atoms with Crippen molar-refractivity contribution in [1.82, 2.24) is 14.9 Å². The van der Waals surface area contributed by atoms with Crippen molar-refractivity contribution in [1.29, 1.82) is 0 Å². The summed E-state index contributed by atoms with van der Waals surface area (Å²) in [4.78, 5) is 33.8. The van der Waals surface area contributed by atoms with E-state index in [-0.39, 0.29) is 24.8 Å². The fourth-order valence-electron chi connectivity index (χ4n) is 4.75. The molecule has 6 heteroatoms. The number of Topliss-reactive ketones (excluding diaryl/α,β-unsaturated/α-hetero) is 1. The Kier molecular flexibility index (Phi) is 2.90. The van der Waals surface area contributed by atoms with E-state index in [1.807, 2.05) is 24.3 Å². The molecule has 6 nitrogen and oxygen atoms in total. The fourth-order valence-corrected chi connectivity index (χ4v) is 4.75. The van der Waals surface area contributed by atoms with Gasteiger partial charge in [-0.15, -0.1) is 0 Å². The van der Waals surface area contributed by atoms with Gasteiger partial charge >= 0.3 is 6.09 Å². The summed E-state index contributed by atoms with van der Waals surface area (Å²) in [5, 5.41) is 9.18. The summed E-state index contributed by atoms with van der Waals surface area (Å²) in [5.41, 5.74) is 3.73. The molecule has 5 rings (SSSR count). The number of carboxylic acid groups (broad SMARTS) is 1. The highest BCUT2D eigenvalue weighted by atomic mass is 16.4. The third-order valence-electron chi connectivity index (χ3n) is 5.98. The van der Waals surface area contributed by atoms with Gasteiger partial charge in [-0.05, 0) is 30.4 Å². The van der Waals surface area contributed by atoms with E-state index in [4.69, 9.17) is 0 Å². The number of ketones is 1. The maximum atomic E-state index is 13.3. The third-order valence-corrected chi connectivity index (χ3v) is 5.98. The molecular weight excluding hydrogens is 318 g/mol. The van der Waals surface area contributed by atoms with Gasteiger partial charge in [-0.25, -0.2) is 9.78 Å². The zero-order chi connectivity index (χ0) is 17.2. The first-order valence-electron chi connectivity index (χ1n) is 8.77. The number of benzene rings is 1. The number of aryl methyl sites for hydroxylation is 2. The second kappa shape index (κ2) is 4.94. The second-order valence-electron chi connectivity index (χ2n) is 7.39. The number of amides is 1. The van der Waals surface area contributed by atoms with Gasteiger partial charge in [0.15, 0.2) is 5.78 Å². The highest BCUT2D eigenvalue weighted by molar-refractivity contribution is 6.03. The minimum atomic E-state index is -0.957. The Morgan fingerprint density at radius 1 is 1.32 bits per heavy atom. The van der Waals surface area contributed by atoms with Gasteiger partial charge in [-0.3, -0.25) is 4.79 Å². The molecule has 2 heterocycles.